The van der Waals surface area contributed by atoms with Gasteiger partial charge in [-0.3, -0.25) is 0 Å². The number of hydrogen-bond acceptors (Lipinski definition) is 1. The molecule has 1 aromatic carbocycles. The maximum Gasteiger partial charge on any atom is 0.417 e. The lowest BCUT2D eigenvalue weighted by molar-refractivity contribution is -0.138. The van der Waals surface area contributed by atoms with E-state index >= 15 is 0 Å². The smallest absolute Gasteiger partial charge is 0.324 e. The second-order valence-corrected chi connectivity index (χ2v) is 5.00. The molecule has 0 aromatic heterocycles. The summed E-state index contributed by atoms with van der Waals surface area (Å²) in [5.41, 5.74) is 5.78. The van der Waals surface area contributed by atoms with Crippen molar-refractivity contribution in [1.82, 2.24) is 0 Å². The normalized spacial score (nSPS) is 15.7. The van der Waals surface area contributed by atoms with Crippen molar-refractivity contribution in [3.63, 3.8) is 0 Å². The molecule has 0 aliphatic heterocycles. The molecule has 0 amide bonds. The van der Waals surface area contributed by atoms with Crippen molar-refractivity contribution < 1.29 is 13.2 Å². The third kappa shape index (κ3) is 3.45. The summed E-state index contributed by atoms with van der Waals surface area (Å²) in [4.78, 5) is 0. The molecule has 1 aromatic rings. The van der Waals surface area contributed by atoms with Crippen LogP contribution in [0, 0.1) is 5.92 Å². The molecular weight excluding hydrogens is 295 g/mol. The Bertz CT molecular complexity index is 390. The summed E-state index contributed by atoms with van der Waals surface area (Å²) in [6, 6.07) is 3.80. The minimum absolute atomic E-state index is 0.0464. The number of benzene rings is 1. The van der Waals surface area contributed by atoms with Crippen molar-refractivity contribution in [2.75, 3.05) is 0 Å². The van der Waals surface area contributed by atoms with E-state index in [4.69, 9.17) is 5.73 Å². The molecular formula is C12H15BrF3N. The van der Waals surface area contributed by atoms with Crippen molar-refractivity contribution in [3.8, 4) is 0 Å². The molecule has 5 heteroatoms. The molecule has 0 fully saturated rings. The van der Waals surface area contributed by atoms with Gasteiger partial charge in [-0.05, 0) is 23.6 Å². The first-order valence-corrected chi connectivity index (χ1v) is 6.19. The summed E-state index contributed by atoms with van der Waals surface area (Å²) in [7, 11) is 0. The molecule has 2 atom stereocenters. The predicted octanol–water partition coefficient (Wildman–Crippen LogP) is 4.51. The molecule has 0 bridgehead atoms. The van der Waals surface area contributed by atoms with Gasteiger partial charge in [-0.25, -0.2) is 0 Å². The largest absolute Gasteiger partial charge is 0.417 e. The summed E-state index contributed by atoms with van der Waals surface area (Å²) in [5.74, 6) is 0.150. The Kier molecular flexibility index (Phi) is 4.61. The van der Waals surface area contributed by atoms with Crippen molar-refractivity contribution in [1.29, 1.82) is 0 Å². The summed E-state index contributed by atoms with van der Waals surface area (Å²) >= 11 is 2.91. The highest BCUT2D eigenvalue weighted by atomic mass is 79.9. The van der Waals surface area contributed by atoms with E-state index in [0.717, 1.165) is 12.5 Å². The van der Waals surface area contributed by atoms with Crippen LogP contribution in [0.15, 0.2) is 22.7 Å². The standard InChI is InChI=1S/C12H15BrF3N/c1-3-7(2)11(17)8-4-5-10(13)9(6-8)12(14,15)16/h4-7,11H,3,17H2,1-2H3. The second kappa shape index (κ2) is 5.40. The maximum atomic E-state index is 12.7. The number of rotatable bonds is 3. The van der Waals surface area contributed by atoms with E-state index in [1.54, 1.807) is 6.07 Å². The quantitative estimate of drug-likeness (QED) is 0.873. The Balaban J connectivity index is 3.13. The molecule has 0 aliphatic rings. The fourth-order valence-corrected chi connectivity index (χ4v) is 2.02. The predicted molar refractivity (Wildman–Crippen MR) is 65.5 cm³/mol. The van der Waals surface area contributed by atoms with Crippen LogP contribution in [0.4, 0.5) is 13.2 Å². The van der Waals surface area contributed by atoms with E-state index in [0.29, 0.717) is 5.56 Å². The zero-order chi connectivity index (χ0) is 13.2. The van der Waals surface area contributed by atoms with Crippen molar-refractivity contribution in [2.24, 2.45) is 11.7 Å². The molecule has 17 heavy (non-hydrogen) atoms. The van der Waals surface area contributed by atoms with Crippen LogP contribution in [0.1, 0.15) is 37.4 Å². The van der Waals surface area contributed by atoms with Crippen molar-refractivity contribution in [3.05, 3.63) is 33.8 Å². The minimum Gasteiger partial charge on any atom is -0.324 e. The fraction of sp³-hybridized carbons (Fsp3) is 0.500. The Morgan fingerprint density at radius 3 is 2.41 bits per heavy atom. The van der Waals surface area contributed by atoms with Gasteiger partial charge in [-0.1, -0.05) is 42.3 Å². The molecule has 0 spiro atoms. The number of alkyl halides is 3. The van der Waals surface area contributed by atoms with Gasteiger partial charge in [0.25, 0.3) is 0 Å². The second-order valence-electron chi connectivity index (χ2n) is 4.15. The number of halogens is 4. The highest BCUT2D eigenvalue weighted by Gasteiger charge is 2.33. The molecule has 0 heterocycles. The zero-order valence-corrected chi connectivity index (χ0v) is 11.3. The van der Waals surface area contributed by atoms with Gasteiger partial charge in [-0.15, -0.1) is 0 Å². The maximum absolute atomic E-state index is 12.7. The summed E-state index contributed by atoms with van der Waals surface area (Å²) in [6.07, 6.45) is -3.53. The third-order valence-electron chi connectivity index (χ3n) is 2.94. The van der Waals surface area contributed by atoms with Crippen LogP contribution >= 0.6 is 15.9 Å². The van der Waals surface area contributed by atoms with E-state index in [9.17, 15) is 13.2 Å². The SMILES string of the molecule is CCC(C)C(N)c1ccc(Br)c(C(F)(F)F)c1. The summed E-state index contributed by atoms with van der Waals surface area (Å²) in [6.45, 7) is 3.90. The topological polar surface area (TPSA) is 26.0 Å². The van der Waals surface area contributed by atoms with Crippen LogP contribution in [-0.4, -0.2) is 0 Å². The molecule has 2 N–H and O–H groups in total. The highest BCUT2D eigenvalue weighted by Crippen LogP contribution is 2.36. The average molecular weight is 310 g/mol. The molecule has 0 saturated carbocycles. The number of nitrogens with two attached hydrogens (primary N) is 1. The Labute approximate surface area is 107 Å². The summed E-state index contributed by atoms with van der Waals surface area (Å²) < 4.78 is 38.2. The molecule has 1 rings (SSSR count). The lowest BCUT2D eigenvalue weighted by Crippen LogP contribution is -2.19. The van der Waals surface area contributed by atoms with Crippen LogP contribution in [0.5, 0.6) is 0 Å². The van der Waals surface area contributed by atoms with Gasteiger partial charge in [0.1, 0.15) is 0 Å². The highest BCUT2D eigenvalue weighted by molar-refractivity contribution is 9.10. The number of hydrogen-bond donors (Lipinski definition) is 1. The van der Waals surface area contributed by atoms with E-state index in [-0.39, 0.29) is 16.4 Å². The fourth-order valence-electron chi connectivity index (χ4n) is 1.55. The van der Waals surface area contributed by atoms with E-state index in [1.165, 1.54) is 6.07 Å². The first-order chi connectivity index (χ1) is 7.77. The van der Waals surface area contributed by atoms with Gasteiger partial charge in [0.05, 0.1) is 5.56 Å². The zero-order valence-electron chi connectivity index (χ0n) is 9.68. The first-order valence-electron chi connectivity index (χ1n) is 5.39. The van der Waals surface area contributed by atoms with Crippen LogP contribution in [0.2, 0.25) is 0 Å². The first kappa shape index (κ1) is 14.5. The minimum atomic E-state index is -4.36. The van der Waals surface area contributed by atoms with Gasteiger partial charge in [0, 0.05) is 10.5 Å². The van der Waals surface area contributed by atoms with Crippen LogP contribution in [0.3, 0.4) is 0 Å². The lowest BCUT2D eigenvalue weighted by Gasteiger charge is -2.20. The van der Waals surface area contributed by atoms with Crippen LogP contribution < -0.4 is 5.73 Å². The Morgan fingerprint density at radius 1 is 1.35 bits per heavy atom. The monoisotopic (exact) mass is 309 g/mol. The van der Waals surface area contributed by atoms with Gasteiger partial charge in [0.15, 0.2) is 0 Å². The molecule has 2 unspecified atom stereocenters. The van der Waals surface area contributed by atoms with Crippen molar-refractivity contribution >= 4 is 15.9 Å². The van der Waals surface area contributed by atoms with Gasteiger partial charge in [-0.2, -0.15) is 13.2 Å². The van der Waals surface area contributed by atoms with E-state index in [2.05, 4.69) is 15.9 Å². The third-order valence-corrected chi connectivity index (χ3v) is 3.63. The molecule has 1 nitrogen and oxygen atoms in total. The summed E-state index contributed by atoms with van der Waals surface area (Å²) in [5, 5.41) is 0. The van der Waals surface area contributed by atoms with Crippen molar-refractivity contribution in [2.45, 2.75) is 32.5 Å². The van der Waals surface area contributed by atoms with Crippen LogP contribution in [0.25, 0.3) is 0 Å². The molecule has 0 radical (unpaired) electrons. The van der Waals surface area contributed by atoms with E-state index < -0.39 is 11.7 Å². The molecule has 96 valence electrons. The van der Waals surface area contributed by atoms with Gasteiger partial charge >= 0.3 is 6.18 Å². The lowest BCUT2D eigenvalue weighted by atomic mass is 9.92. The van der Waals surface area contributed by atoms with Gasteiger partial charge < -0.3 is 5.73 Å². The Morgan fingerprint density at radius 2 is 1.94 bits per heavy atom. The van der Waals surface area contributed by atoms with Gasteiger partial charge in [0.2, 0.25) is 0 Å². The molecule has 0 saturated heterocycles. The molecule has 0 aliphatic carbocycles. The Hall–Kier alpha value is -0.550. The van der Waals surface area contributed by atoms with E-state index in [1.807, 2.05) is 13.8 Å². The van der Waals surface area contributed by atoms with Crippen LogP contribution in [-0.2, 0) is 6.18 Å². The average Bonchev–Trinajstić information content (AvgIpc) is 2.26.